The highest BCUT2D eigenvalue weighted by molar-refractivity contribution is 5.96. The van der Waals surface area contributed by atoms with E-state index in [0.717, 1.165) is 16.5 Å². The van der Waals surface area contributed by atoms with Crippen molar-refractivity contribution in [2.45, 2.75) is 13.0 Å². The van der Waals surface area contributed by atoms with E-state index >= 15 is 0 Å². The number of carbonyl (C=O) groups excluding carboxylic acids is 1. The van der Waals surface area contributed by atoms with Crippen LogP contribution < -0.4 is 11.3 Å². The molecule has 0 saturated heterocycles. The Kier molecular flexibility index (Phi) is 4.64. The molecule has 0 bridgehead atoms. The van der Waals surface area contributed by atoms with Crippen molar-refractivity contribution in [3.63, 3.8) is 0 Å². The third-order valence-electron chi connectivity index (χ3n) is 4.81. The van der Waals surface area contributed by atoms with E-state index in [-0.39, 0.29) is 5.56 Å². The number of rotatable bonds is 4. The van der Waals surface area contributed by atoms with E-state index in [2.05, 4.69) is 5.10 Å². The second kappa shape index (κ2) is 7.27. The highest BCUT2D eigenvalue weighted by Gasteiger charge is 2.20. The largest absolute Gasteiger partial charge is 0.440 e. The topological polar surface area (TPSA) is 92.1 Å². The maximum atomic E-state index is 13.7. The monoisotopic (exact) mass is 388 g/mol. The van der Waals surface area contributed by atoms with Crippen LogP contribution in [-0.4, -0.2) is 20.4 Å². The Labute approximate surface area is 167 Å². The molecule has 2 N–H and O–H groups in total. The van der Waals surface area contributed by atoms with Crippen LogP contribution in [-0.2, 0) is 11.8 Å². The summed E-state index contributed by atoms with van der Waals surface area (Å²) in [6.45, 7) is 1.69. The number of amides is 1. The Balaban J connectivity index is 2.06. The van der Waals surface area contributed by atoms with Crippen LogP contribution in [0.4, 0.5) is 4.79 Å². The van der Waals surface area contributed by atoms with E-state index in [4.69, 9.17) is 10.5 Å². The van der Waals surface area contributed by atoms with Crippen LogP contribution in [0.15, 0.2) is 71.8 Å². The Hall–Kier alpha value is -3.87. The minimum atomic E-state index is -0.895. The quantitative estimate of drug-likeness (QED) is 0.579. The molecule has 2 aromatic carbocycles. The average molecular weight is 388 g/mol. The molecule has 7 nitrogen and oxygen atoms in total. The van der Waals surface area contributed by atoms with Gasteiger partial charge in [0, 0.05) is 24.5 Å². The lowest BCUT2D eigenvalue weighted by molar-refractivity contribution is 0.113. The summed E-state index contributed by atoms with van der Waals surface area (Å²) < 4.78 is 8.45. The Bertz CT molecular complexity index is 1260. The number of carbonyl (C=O) groups is 1. The second-order valence-corrected chi connectivity index (χ2v) is 6.80. The average Bonchev–Trinajstić information content (AvgIpc) is 3.13. The van der Waals surface area contributed by atoms with Crippen molar-refractivity contribution in [1.82, 2.24) is 14.3 Å². The van der Waals surface area contributed by atoms with E-state index in [0.29, 0.717) is 16.8 Å². The molecular weight excluding hydrogens is 368 g/mol. The van der Waals surface area contributed by atoms with Gasteiger partial charge in [-0.1, -0.05) is 36.4 Å². The molecule has 7 heteroatoms. The summed E-state index contributed by atoms with van der Waals surface area (Å²) in [6.07, 6.45) is 2.00. The van der Waals surface area contributed by atoms with Gasteiger partial charge in [-0.2, -0.15) is 5.10 Å². The summed E-state index contributed by atoms with van der Waals surface area (Å²) >= 11 is 0. The van der Waals surface area contributed by atoms with E-state index in [1.807, 2.05) is 67.8 Å². The van der Waals surface area contributed by atoms with Gasteiger partial charge in [0.1, 0.15) is 6.10 Å². The summed E-state index contributed by atoms with van der Waals surface area (Å²) in [4.78, 5) is 25.0. The van der Waals surface area contributed by atoms with Gasteiger partial charge in [-0.05, 0) is 36.1 Å². The summed E-state index contributed by atoms with van der Waals surface area (Å²) in [7, 11) is 1.83. The minimum Gasteiger partial charge on any atom is -0.440 e. The van der Waals surface area contributed by atoms with Crippen molar-refractivity contribution in [3.8, 4) is 16.8 Å². The van der Waals surface area contributed by atoms with Gasteiger partial charge < -0.3 is 10.5 Å². The van der Waals surface area contributed by atoms with Crippen LogP contribution in [0.1, 0.15) is 18.7 Å². The number of aromatic nitrogens is 3. The maximum Gasteiger partial charge on any atom is 0.405 e. The molecule has 0 aliphatic rings. The van der Waals surface area contributed by atoms with Crippen molar-refractivity contribution in [2.24, 2.45) is 12.8 Å². The number of ether oxygens (including phenoxy) is 1. The number of pyridine rings is 1. The molecule has 29 heavy (non-hydrogen) atoms. The molecule has 146 valence electrons. The van der Waals surface area contributed by atoms with Gasteiger partial charge in [-0.15, -0.1) is 0 Å². The molecule has 4 rings (SSSR count). The normalized spacial score (nSPS) is 12.1. The molecule has 2 heterocycles. The second-order valence-electron chi connectivity index (χ2n) is 6.80. The van der Waals surface area contributed by atoms with Gasteiger partial charge >= 0.3 is 6.09 Å². The van der Waals surface area contributed by atoms with Gasteiger partial charge in [0.15, 0.2) is 0 Å². The summed E-state index contributed by atoms with van der Waals surface area (Å²) in [5.41, 5.74) is 7.87. The molecule has 0 saturated carbocycles. The number of fused-ring (bicyclic) bond motifs is 1. The number of nitrogens with zero attached hydrogens (tertiary/aromatic N) is 3. The van der Waals surface area contributed by atoms with E-state index in [1.165, 1.54) is 0 Å². The third-order valence-corrected chi connectivity index (χ3v) is 4.81. The van der Waals surface area contributed by atoms with E-state index < -0.39 is 12.2 Å². The van der Waals surface area contributed by atoms with E-state index in [9.17, 15) is 9.59 Å². The standard InChI is InChI=1S/C22H20N4O3/c1-14(29-22(23)28)19-11-15-7-6-10-18(16-12-24-25(2)13-16)20(15)21(27)26(19)17-8-4-3-5-9-17/h3-14H,1-2H3,(H2,23,28). The van der Waals surface area contributed by atoms with Crippen LogP contribution in [0, 0.1) is 0 Å². The van der Waals surface area contributed by atoms with Crippen molar-refractivity contribution in [2.75, 3.05) is 0 Å². The number of hydrogen-bond donors (Lipinski definition) is 1. The Morgan fingerprint density at radius 2 is 1.90 bits per heavy atom. The zero-order valence-corrected chi connectivity index (χ0v) is 16.1. The smallest absolute Gasteiger partial charge is 0.405 e. The zero-order chi connectivity index (χ0) is 20.5. The first-order valence-electron chi connectivity index (χ1n) is 9.15. The molecule has 0 spiro atoms. The SMILES string of the molecule is CC(OC(N)=O)c1cc2cccc(-c3cnn(C)c3)c2c(=O)n1-c1ccccc1. The first kappa shape index (κ1) is 18.5. The zero-order valence-electron chi connectivity index (χ0n) is 16.1. The third kappa shape index (κ3) is 3.38. The highest BCUT2D eigenvalue weighted by Crippen LogP contribution is 2.29. The van der Waals surface area contributed by atoms with Gasteiger partial charge in [0.2, 0.25) is 0 Å². The predicted molar refractivity (Wildman–Crippen MR) is 111 cm³/mol. The van der Waals surface area contributed by atoms with Crippen LogP contribution >= 0.6 is 0 Å². The van der Waals surface area contributed by atoms with Crippen LogP contribution in [0.25, 0.3) is 27.6 Å². The van der Waals surface area contributed by atoms with Crippen molar-refractivity contribution in [1.29, 1.82) is 0 Å². The van der Waals surface area contributed by atoms with Crippen molar-refractivity contribution < 1.29 is 9.53 Å². The molecule has 1 atom stereocenters. The number of primary amides is 1. The van der Waals surface area contributed by atoms with Crippen LogP contribution in [0.2, 0.25) is 0 Å². The Morgan fingerprint density at radius 3 is 2.55 bits per heavy atom. The summed E-state index contributed by atoms with van der Waals surface area (Å²) in [6, 6.07) is 16.8. The first-order valence-corrected chi connectivity index (χ1v) is 9.15. The summed E-state index contributed by atoms with van der Waals surface area (Å²) in [5.74, 6) is 0. The van der Waals surface area contributed by atoms with Gasteiger partial charge in [-0.3, -0.25) is 14.0 Å². The molecule has 0 aliphatic carbocycles. The fourth-order valence-corrected chi connectivity index (χ4v) is 3.56. The Morgan fingerprint density at radius 1 is 1.14 bits per heavy atom. The van der Waals surface area contributed by atoms with Crippen molar-refractivity contribution >= 4 is 16.9 Å². The van der Waals surface area contributed by atoms with Gasteiger partial charge in [0.25, 0.3) is 5.56 Å². The van der Waals surface area contributed by atoms with E-state index in [1.54, 1.807) is 22.4 Å². The predicted octanol–water partition coefficient (Wildman–Crippen LogP) is 3.55. The van der Waals surface area contributed by atoms with Gasteiger partial charge in [0.05, 0.1) is 17.3 Å². The molecule has 0 fully saturated rings. The number of hydrogen-bond acceptors (Lipinski definition) is 4. The minimum absolute atomic E-state index is 0.205. The van der Waals surface area contributed by atoms with Crippen molar-refractivity contribution in [3.05, 3.63) is 83.0 Å². The van der Waals surface area contributed by atoms with Crippen LogP contribution in [0.5, 0.6) is 0 Å². The summed E-state index contributed by atoms with van der Waals surface area (Å²) in [5, 5.41) is 5.54. The lowest BCUT2D eigenvalue weighted by Crippen LogP contribution is -2.26. The number of benzene rings is 2. The molecule has 4 aromatic rings. The fourth-order valence-electron chi connectivity index (χ4n) is 3.56. The maximum absolute atomic E-state index is 13.7. The number of aryl methyl sites for hydroxylation is 1. The molecule has 0 radical (unpaired) electrons. The lowest BCUT2D eigenvalue weighted by atomic mass is 10.00. The molecule has 2 aromatic heterocycles. The fraction of sp³-hybridized carbons (Fsp3) is 0.136. The lowest BCUT2D eigenvalue weighted by Gasteiger charge is -2.20. The molecular formula is C22H20N4O3. The van der Waals surface area contributed by atoms with Gasteiger partial charge in [-0.25, -0.2) is 4.79 Å². The first-order chi connectivity index (χ1) is 14.0. The number of nitrogens with two attached hydrogens (primary N) is 1. The number of para-hydroxylation sites is 1. The highest BCUT2D eigenvalue weighted by atomic mass is 16.6. The molecule has 1 amide bonds. The molecule has 1 unspecified atom stereocenters. The molecule has 0 aliphatic heterocycles. The van der Waals surface area contributed by atoms with Crippen LogP contribution in [0.3, 0.4) is 0 Å².